The second-order valence-corrected chi connectivity index (χ2v) is 3.02. The molecule has 2 aromatic heterocycles. The highest BCUT2D eigenvalue weighted by Gasteiger charge is 2.06. The van der Waals surface area contributed by atoms with Gasteiger partial charge < -0.3 is 5.73 Å². The van der Waals surface area contributed by atoms with Gasteiger partial charge in [0, 0.05) is 18.0 Å². The number of hydrogen-bond donors (Lipinski definition) is 1. The van der Waals surface area contributed by atoms with Crippen molar-refractivity contribution in [1.29, 1.82) is 5.26 Å². The van der Waals surface area contributed by atoms with Crippen LogP contribution in [0, 0.1) is 11.3 Å². The minimum absolute atomic E-state index is 0.461. The summed E-state index contributed by atoms with van der Waals surface area (Å²) in [5, 5.41) is 8.94. The Morgan fingerprint density at radius 3 is 2.87 bits per heavy atom. The number of hydrogen-bond acceptors (Lipinski definition) is 4. The zero-order valence-corrected chi connectivity index (χ0v) is 7.88. The van der Waals surface area contributed by atoms with E-state index >= 15 is 0 Å². The number of nitrogens with zero attached hydrogens (tertiary/aromatic N) is 3. The van der Waals surface area contributed by atoms with Crippen LogP contribution in [0.15, 0.2) is 36.8 Å². The second kappa shape index (κ2) is 3.76. The fraction of sp³-hybridized carbons (Fsp3) is 0. The fourth-order valence-electron chi connectivity index (χ4n) is 1.30. The van der Waals surface area contributed by atoms with Crippen LogP contribution in [0.3, 0.4) is 0 Å². The second-order valence-electron chi connectivity index (χ2n) is 3.02. The molecule has 0 saturated carbocycles. The Kier molecular flexibility index (Phi) is 2.30. The summed E-state index contributed by atoms with van der Waals surface area (Å²) in [4.78, 5) is 8.11. The Morgan fingerprint density at radius 2 is 2.20 bits per heavy atom. The highest BCUT2D eigenvalue weighted by molar-refractivity contribution is 5.67. The van der Waals surface area contributed by atoms with Gasteiger partial charge in [-0.25, -0.2) is 0 Å². The molecule has 72 valence electrons. The molecule has 15 heavy (non-hydrogen) atoms. The minimum Gasteiger partial charge on any atom is -0.397 e. The first-order chi connectivity index (χ1) is 7.31. The summed E-state index contributed by atoms with van der Waals surface area (Å²) in [6.45, 7) is 0. The predicted octanol–water partition coefficient (Wildman–Crippen LogP) is 1.60. The summed E-state index contributed by atoms with van der Waals surface area (Å²) in [7, 11) is 0. The normalized spacial score (nSPS) is 9.53. The van der Waals surface area contributed by atoms with E-state index in [4.69, 9.17) is 11.0 Å². The molecule has 0 bridgehead atoms. The quantitative estimate of drug-likeness (QED) is 0.751. The molecule has 0 radical (unpaired) electrons. The van der Waals surface area contributed by atoms with E-state index in [2.05, 4.69) is 16.0 Å². The fourth-order valence-corrected chi connectivity index (χ4v) is 1.30. The smallest absolute Gasteiger partial charge is 0.102 e. The van der Waals surface area contributed by atoms with Crippen LogP contribution in [0.1, 0.15) is 5.56 Å². The van der Waals surface area contributed by atoms with Gasteiger partial charge in [0.1, 0.15) is 6.07 Å². The molecule has 2 rings (SSSR count). The topological polar surface area (TPSA) is 75.6 Å². The zero-order valence-electron chi connectivity index (χ0n) is 7.88. The molecular weight excluding hydrogens is 188 g/mol. The summed E-state index contributed by atoms with van der Waals surface area (Å²) in [5.41, 5.74) is 7.92. The van der Waals surface area contributed by atoms with Crippen LogP contribution >= 0.6 is 0 Å². The Hall–Kier alpha value is -2.41. The lowest BCUT2D eigenvalue weighted by atomic mass is 10.1. The summed E-state index contributed by atoms with van der Waals surface area (Å²) in [5.74, 6) is 0. The highest BCUT2D eigenvalue weighted by Crippen LogP contribution is 2.20. The summed E-state index contributed by atoms with van der Waals surface area (Å²) < 4.78 is 0. The number of aromatic nitrogens is 2. The Labute approximate surface area is 87.0 Å². The number of nitriles is 1. The first-order valence-electron chi connectivity index (χ1n) is 4.37. The van der Waals surface area contributed by atoms with Crippen molar-refractivity contribution in [1.82, 2.24) is 9.97 Å². The largest absolute Gasteiger partial charge is 0.397 e. The van der Waals surface area contributed by atoms with Crippen molar-refractivity contribution in [3.63, 3.8) is 0 Å². The van der Waals surface area contributed by atoms with Gasteiger partial charge in [-0.1, -0.05) is 0 Å². The van der Waals surface area contributed by atoms with E-state index in [0.717, 1.165) is 5.56 Å². The molecule has 0 atom stereocenters. The molecule has 2 aromatic rings. The van der Waals surface area contributed by atoms with Crippen molar-refractivity contribution < 1.29 is 0 Å². The molecule has 0 aliphatic carbocycles. The monoisotopic (exact) mass is 196 g/mol. The molecular formula is C11H8N4. The van der Waals surface area contributed by atoms with Gasteiger partial charge in [-0.15, -0.1) is 0 Å². The standard InChI is InChI=1S/C11H8N4/c12-5-9-4-10(13)7-15-11(9)8-2-1-3-14-6-8/h1-4,6-7H,13H2. The van der Waals surface area contributed by atoms with Crippen molar-refractivity contribution in [3.8, 4) is 17.3 Å². The lowest BCUT2D eigenvalue weighted by molar-refractivity contribution is 1.27. The van der Waals surface area contributed by atoms with Crippen LogP contribution in [0.25, 0.3) is 11.3 Å². The van der Waals surface area contributed by atoms with Crippen LogP contribution in [0.2, 0.25) is 0 Å². The number of nitrogens with two attached hydrogens (primary N) is 1. The van der Waals surface area contributed by atoms with Crippen LogP contribution in [0.5, 0.6) is 0 Å². The van der Waals surface area contributed by atoms with E-state index in [1.165, 1.54) is 6.20 Å². The average molecular weight is 196 g/mol. The highest BCUT2D eigenvalue weighted by atomic mass is 14.7. The van der Waals surface area contributed by atoms with Gasteiger partial charge in [0.2, 0.25) is 0 Å². The van der Waals surface area contributed by atoms with Gasteiger partial charge in [0.05, 0.1) is 23.1 Å². The number of rotatable bonds is 1. The number of nitrogen functional groups attached to an aromatic ring is 1. The molecule has 0 unspecified atom stereocenters. The molecule has 4 heteroatoms. The van der Waals surface area contributed by atoms with E-state index in [0.29, 0.717) is 16.9 Å². The molecule has 4 nitrogen and oxygen atoms in total. The zero-order chi connectivity index (χ0) is 10.7. The van der Waals surface area contributed by atoms with Crippen molar-refractivity contribution in [2.24, 2.45) is 0 Å². The van der Waals surface area contributed by atoms with Crippen LogP contribution in [-0.2, 0) is 0 Å². The summed E-state index contributed by atoms with van der Waals surface area (Å²) in [6.07, 6.45) is 4.87. The molecule has 2 N–H and O–H groups in total. The predicted molar refractivity (Wildman–Crippen MR) is 56.6 cm³/mol. The van der Waals surface area contributed by atoms with Gasteiger partial charge >= 0.3 is 0 Å². The first-order valence-corrected chi connectivity index (χ1v) is 4.37. The Morgan fingerprint density at radius 1 is 1.33 bits per heavy atom. The molecule has 0 aliphatic heterocycles. The van der Waals surface area contributed by atoms with Crippen LogP contribution in [-0.4, -0.2) is 9.97 Å². The van der Waals surface area contributed by atoms with E-state index in [1.54, 1.807) is 24.5 Å². The lowest BCUT2D eigenvalue weighted by Crippen LogP contribution is -1.93. The van der Waals surface area contributed by atoms with Gasteiger partial charge in [-0.2, -0.15) is 5.26 Å². The number of anilines is 1. The lowest BCUT2D eigenvalue weighted by Gasteiger charge is -2.02. The average Bonchev–Trinajstić information content (AvgIpc) is 2.30. The SMILES string of the molecule is N#Cc1cc(N)cnc1-c1cccnc1. The molecule has 2 heterocycles. The minimum atomic E-state index is 0.461. The molecule has 0 spiro atoms. The molecule has 0 saturated heterocycles. The van der Waals surface area contributed by atoms with Gasteiger partial charge in [0.15, 0.2) is 0 Å². The van der Waals surface area contributed by atoms with Gasteiger partial charge in [0.25, 0.3) is 0 Å². The Balaban J connectivity index is 2.60. The van der Waals surface area contributed by atoms with Gasteiger partial charge in [-0.3, -0.25) is 9.97 Å². The van der Waals surface area contributed by atoms with Crippen molar-refractivity contribution in [2.45, 2.75) is 0 Å². The Bertz CT molecular complexity index is 514. The third-order valence-electron chi connectivity index (χ3n) is 1.96. The molecule has 0 aliphatic rings. The van der Waals surface area contributed by atoms with Crippen LogP contribution < -0.4 is 5.73 Å². The molecule has 0 amide bonds. The first kappa shape index (κ1) is 9.16. The maximum Gasteiger partial charge on any atom is 0.102 e. The van der Waals surface area contributed by atoms with Crippen molar-refractivity contribution in [2.75, 3.05) is 5.73 Å². The van der Waals surface area contributed by atoms with E-state index < -0.39 is 0 Å². The van der Waals surface area contributed by atoms with Gasteiger partial charge in [-0.05, 0) is 18.2 Å². The molecule has 0 fully saturated rings. The maximum absolute atomic E-state index is 8.94. The van der Waals surface area contributed by atoms with Crippen molar-refractivity contribution >= 4 is 5.69 Å². The summed E-state index contributed by atoms with van der Waals surface area (Å²) >= 11 is 0. The van der Waals surface area contributed by atoms with Crippen LogP contribution in [0.4, 0.5) is 5.69 Å². The van der Waals surface area contributed by atoms with E-state index in [1.807, 2.05) is 6.07 Å². The van der Waals surface area contributed by atoms with E-state index in [9.17, 15) is 0 Å². The molecule has 0 aromatic carbocycles. The third kappa shape index (κ3) is 1.76. The summed E-state index contributed by atoms with van der Waals surface area (Å²) in [6, 6.07) is 7.32. The third-order valence-corrected chi connectivity index (χ3v) is 1.96. The maximum atomic E-state index is 8.94. The van der Waals surface area contributed by atoms with Crippen molar-refractivity contribution in [3.05, 3.63) is 42.4 Å². The number of pyridine rings is 2. The van der Waals surface area contributed by atoms with E-state index in [-0.39, 0.29) is 0 Å².